The second kappa shape index (κ2) is 6.47. The van der Waals surface area contributed by atoms with Crippen LogP contribution in [0.2, 0.25) is 0 Å². The predicted octanol–water partition coefficient (Wildman–Crippen LogP) is 3.22. The van der Waals surface area contributed by atoms with Crippen molar-refractivity contribution in [1.29, 1.82) is 0 Å². The fourth-order valence-electron chi connectivity index (χ4n) is 2.46. The fraction of sp³-hybridized carbons (Fsp3) is 0.389. The van der Waals surface area contributed by atoms with Crippen molar-refractivity contribution < 1.29 is 4.74 Å². The van der Waals surface area contributed by atoms with Crippen molar-refractivity contribution in [2.45, 2.75) is 33.1 Å². The molecular formula is C18H23N5O. The van der Waals surface area contributed by atoms with Crippen LogP contribution in [0.3, 0.4) is 0 Å². The van der Waals surface area contributed by atoms with Gasteiger partial charge in [-0.25, -0.2) is 4.98 Å². The zero-order chi connectivity index (χ0) is 17.2. The standard InChI is InChI=1S/C18H23N5O/c1-13-11-16(23-17(22-13)20-12-21-23)19-9-10-24-15-7-5-14(6-8-15)18(2,3)4/h5-8,11-12,19H,9-10H2,1-4H3. The van der Waals surface area contributed by atoms with Crippen LogP contribution in [0.5, 0.6) is 5.75 Å². The molecule has 0 unspecified atom stereocenters. The third-order valence-corrected chi connectivity index (χ3v) is 3.78. The summed E-state index contributed by atoms with van der Waals surface area (Å²) in [6, 6.07) is 10.2. The molecule has 6 nitrogen and oxygen atoms in total. The Bertz CT molecular complexity index is 818. The van der Waals surface area contributed by atoms with Crippen LogP contribution < -0.4 is 10.1 Å². The molecule has 6 heteroatoms. The van der Waals surface area contributed by atoms with Gasteiger partial charge >= 0.3 is 0 Å². The Labute approximate surface area is 141 Å². The first kappa shape index (κ1) is 16.2. The van der Waals surface area contributed by atoms with Crippen molar-refractivity contribution in [3.05, 3.63) is 47.9 Å². The third kappa shape index (κ3) is 3.64. The second-order valence-electron chi connectivity index (χ2n) is 6.80. The molecule has 3 rings (SSSR count). The van der Waals surface area contributed by atoms with Gasteiger partial charge in [-0.3, -0.25) is 0 Å². The monoisotopic (exact) mass is 325 g/mol. The minimum absolute atomic E-state index is 0.155. The molecule has 0 aliphatic heterocycles. The number of nitrogens with one attached hydrogen (secondary N) is 1. The predicted molar refractivity (Wildman–Crippen MR) is 94.6 cm³/mol. The van der Waals surface area contributed by atoms with Crippen molar-refractivity contribution >= 4 is 11.6 Å². The van der Waals surface area contributed by atoms with E-state index in [4.69, 9.17) is 4.74 Å². The van der Waals surface area contributed by atoms with Gasteiger partial charge in [0.2, 0.25) is 0 Å². The lowest BCUT2D eigenvalue weighted by atomic mass is 9.87. The van der Waals surface area contributed by atoms with Crippen LogP contribution in [0, 0.1) is 6.92 Å². The van der Waals surface area contributed by atoms with E-state index in [2.05, 4.69) is 53.3 Å². The summed E-state index contributed by atoms with van der Waals surface area (Å²) in [5.74, 6) is 2.33. The van der Waals surface area contributed by atoms with Gasteiger partial charge in [-0.15, -0.1) is 0 Å². The Morgan fingerprint density at radius 2 is 1.92 bits per heavy atom. The Kier molecular flexibility index (Phi) is 4.38. The van der Waals surface area contributed by atoms with Crippen LogP contribution in [0.1, 0.15) is 32.0 Å². The maximum atomic E-state index is 5.80. The van der Waals surface area contributed by atoms with Gasteiger partial charge in [-0.2, -0.15) is 14.6 Å². The first-order valence-electron chi connectivity index (χ1n) is 8.08. The van der Waals surface area contributed by atoms with Crippen molar-refractivity contribution in [2.24, 2.45) is 0 Å². The Balaban J connectivity index is 1.56. The summed E-state index contributed by atoms with van der Waals surface area (Å²) in [4.78, 5) is 8.43. The normalized spacial score (nSPS) is 11.7. The average molecular weight is 325 g/mol. The molecule has 24 heavy (non-hydrogen) atoms. The molecule has 0 saturated carbocycles. The van der Waals surface area contributed by atoms with Gasteiger partial charge in [0, 0.05) is 11.8 Å². The number of fused-ring (bicyclic) bond motifs is 1. The topological polar surface area (TPSA) is 64.3 Å². The number of ether oxygens (including phenoxy) is 1. The molecule has 0 aliphatic rings. The molecule has 126 valence electrons. The highest BCUT2D eigenvalue weighted by molar-refractivity contribution is 5.44. The van der Waals surface area contributed by atoms with Crippen LogP contribution in [0.4, 0.5) is 5.82 Å². The zero-order valence-electron chi connectivity index (χ0n) is 14.6. The highest BCUT2D eigenvalue weighted by atomic mass is 16.5. The smallest absolute Gasteiger partial charge is 0.254 e. The highest BCUT2D eigenvalue weighted by Crippen LogP contribution is 2.24. The van der Waals surface area contributed by atoms with E-state index in [0.29, 0.717) is 18.9 Å². The van der Waals surface area contributed by atoms with E-state index in [1.54, 1.807) is 4.52 Å². The van der Waals surface area contributed by atoms with Gasteiger partial charge in [0.1, 0.15) is 24.5 Å². The van der Waals surface area contributed by atoms with Gasteiger partial charge < -0.3 is 10.1 Å². The van der Waals surface area contributed by atoms with E-state index in [0.717, 1.165) is 17.3 Å². The highest BCUT2D eigenvalue weighted by Gasteiger charge is 2.12. The van der Waals surface area contributed by atoms with E-state index in [-0.39, 0.29) is 5.41 Å². The molecule has 0 fully saturated rings. The number of nitrogens with zero attached hydrogens (tertiary/aromatic N) is 4. The SMILES string of the molecule is Cc1cc(NCCOc2ccc(C(C)(C)C)cc2)n2ncnc2n1. The maximum Gasteiger partial charge on any atom is 0.254 e. The van der Waals surface area contributed by atoms with Crippen molar-refractivity contribution in [1.82, 2.24) is 19.6 Å². The number of anilines is 1. The van der Waals surface area contributed by atoms with Gasteiger partial charge in [0.15, 0.2) is 0 Å². The lowest BCUT2D eigenvalue weighted by Crippen LogP contribution is -2.15. The van der Waals surface area contributed by atoms with Crippen molar-refractivity contribution in [3.8, 4) is 5.75 Å². The van der Waals surface area contributed by atoms with Crippen molar-refractivity contribution in [3.63, 3.8) is 0 Å². The van der Waals surface area contributed by atoms with E-state index >= 15 is 0 Å². The first-order chi connectivity index (χ1) is 11.4. The number of aryl methyl sites for hydroxylation is 1. The fourth-order valence-corrected chi connectivity index (χ4v) is 2.46. The molecule has 0 radical (unpaired) electrons. The molecule has 0 spiro atoms. The molecule has 2 heterocycles. The summed E-state index contributed by atoms with van der Waals surface area (Å²) < 4.78 is 7.48. The zero-order valence-corrected chi connectivity index (χ0v) is 14.6. The average Bonchev–Trinajstić information content (AvgIpc) is 2.99. The Morgan fingerprint density at radius 1 is 1.17 bits per heavy atom. The third-order valence-electron chi connectivity index (χ3n) is 3.78. The number of benzene rings is 1. The number of rotatable bonds is 5. The van der Waals surface area contributed by atoms with E-state index in [1.165, 1.54) is 11.9 Å². The maximum absolute atomic E-state index is 5.80. The van der Waals surface area contributed by atoms with E-state index < -0.39 is 0 Å². The minimum Gasteiger partial charge on any atom is -0.492 e. The summed E-state index contributed by atoms with van der Waals surface area (Å²) >= 11 is 0. The van der Waals surface area contributed by atoms with Crippen LogP contribution in [0.15, 0.2) is 36.7 Å². The van der Waals surface area contributed by atoms with Gasteiger partial charge in [0.05, 0.1) is 6.54 Å². The van der Waals surface area contributed by atoms with Crippen molar-refractivity contribution in [2.75, 3.05) is 18.5 Å². The quantitative estimate of drug-likeness (QED) is 0.730. The molecule has 2 aromatic heterocycles. The number of hydrogen-bond acceptors (Lipinski definition) is 5. The van der Waals surface area contributed by atoms with Gasteiger partial charge in [0.25, 0.3) is 5.78 Å². The molecular weight excluding hydrogens is 302 g/mol. The lowest BCUT2D eigenvalue weighted by Gasteiger charge is -2.19. The summed E-state index contributed by atoms with van der Waals surface area (Å²) in [7, 11) is 0. The molecule has 0 amide bonds. The largest absolute Gasteiger partial charge is 0.492 e. The summed E-state index contributed by atoms with van der Waals surface area (Å²) in [5.41, 5.74) is 2.35. The molecule has 1 aromatic carbocycles. The summed E-state index contributed by atoms with van der Waals surface area (Å²) in [6.45, 7) is 9.77. The molecule has 0 aliphatic carbocycles. The Morgan fingerprint density at radius 3 is 2.62 bits per heavy atom. The second-order valence-corrected chi connectivity index (χ2v) is 6.80. The lowest BCUT2D eigenvalue weighted by molar-refractivity contribution is 0.332. The molecule has 0 saturated heterocycles. The molecule has 1 N–H and O–H groups in total. The number of aromatic nitrogens is 4. The minimum atomic E-state index is 0.155. The molecule has 0 bridgehead atoms. The van der Waals surface area contributed by atoms with Gasteiger partial charge in [-0.1, -0.05) is 32.9 Å². The van der Waals surface area contributed by atoms with Crippen LogP contribution in [-0.2, 0) is 5.41 Å². The Hall–Kier alpha value is -2.63. The number of hydrogen-bond donors (Lipinski definition) is 1. The van der Waals surface area contributed by atoms with E-state index in [1.807, 2.05) is 25.1 Å². The summed E-state index contributed by atoms with van der Waals surface area (Å²) in [6.07, 6.45) is 1.50. The molecule has 3 aromatic rings. The van der Waals surface area contributed by atoms with Crippen LogP contribution >= 0.6 is 0 Å². The summed E-state index contributed by atoms with van der Waals surface area (Å²) in [5, 5.41) is 7.49. The van der Waals surface area contributed by atoms with Crippen LogP contribution in [0.25, 0.3) is 5.78 Å². The first-order valence-corrected chi connectivity index (χ1v) is 8.08. The van der Waals surface area contributed by atoms with Crippen LogP contribution in [-0.4, -0.2) is 32.7 Å². The molecule has 0 atom stereocenters. The van der Waals surface area contributed by atoms with Gasteiger partial charge in [-0.05, 0) is 30.0 Å². The van der Waals surface area contributed by atoms with E-state index in [9.17, 15) is 0 Å².